The Morgan fingerprint density at radius 2 is 2.10 bits per heavy atom. The highest BCUT2D eigenvalue weighted by Crippen LogP contribution is 2.50. The Bertz CT molecular complexity index is 551. The van der Waals surface area contributed by atoms with E-state index in [-0.39, 0.29) is 5.41 Å². The summed E-state index contributed by atoms with van der Waals surface area (Å²) in [6, 6.07) is 5.59. The molecule has 2 N–H and O–H groups in total. The Labute approximate surface area is 126 Å². The van der Waals surface area contributed by atoms with Crippen molar-refractivity contribution in [3.8, 4) is 5.75 Å². The molecule has 1 saturated carbocycles. The van der Waals surface area contributed by atoms with Crippen LogP contribution in [0.25, 0.3) is 0 Å². The van der Waals surface area contributed by atoms with Gasteiger partial charge >= 0.3 is 7.82 Å². The molecule has 2 rings (SSSR count). The van der Waals surface area contributed by atoms with Gasteiger partial charge in [0.1, 0.15) is 5.75 Å². The number of hydrogen-bond acceptors (Lipinski definition) is 2. The zero-order chi connectivity index (χ0) is 15.7. The van der Waals surface area contributed by atoms with Gasteiger partial charge in [-0.1, -0.05) is 45.7 Å². The zero-order valence-electron chi connectivity index (χ0n) is 13.0. The number of benzene rings is 1. The van der Waals surface area contributed by atoms with Crippen molar-refractivity contribution in [2.45, 2.75) is 58.3 Å². The molecular formula is C16H25O4P. The molecule has 1 aromatic carbocycles. The summed E-state index contributed by atoms with van der Waals surface area (Å²) in [6.07, 6.45) is 5.39. The third kappa shape index (κ3) is 3.33. The van der Waals surface area contributed by atoms with Crippen molar-refractivity contribution < 1.29 is 18.9 Å². The molecule has 0 radical (unpaired) electrons. The van der Waals surface area contributed by atoms with Gasteiger partial charge in [-0.2, -0.15) is 0 Å². The second kappa shape index (κ2) is 6.12. The fraction of sp³-hybridized carbons (Fsp3) is 0.625. The van der Waals surface area contributed by atoms with Gasteiger partial charge in [0.25, 0.3) is 0 Å². The second-order valence-corrected chi connectivity index (χ2v) is 7.30. The molecule has 2 unspecified atom stereocenters. The minimum absolute atomic E-state index is 0.0777. The van der Waals surface area contributed by atoms with E-state index in [1.807, 2.05) is 13.0 Å². The van der Waals surface area contributed by atoms with E-state index in [0.717, 1.165) is 18.4 Å². The van der Waals surface area contributed by atoms with Crippen LogP contribution in [0.15, 0.2) is 18.2 Å². The van der Waals surface area contributed by atoms with Crippen LogP contribution < -0.4 is 4.52 Å². The van der Waals surface area contributed by atoms with E-state index in [1.165, 1.54) is 18.4 Å². The molecule has 1 fully saturated rings. The van der Waals surface area contributed by atoms with Gasteiger partial charge in [0.05, 0.1) is 0 Å². The lowest BCUT2D eigenvalue weighted by Gasteiger charge is -2.34. The molecule has 118 valence electrons. The zero-order valence-corrected chi connectivity index (χ0v) is 13.9. The number of rotatable bonds is 5. The first-order chi connectivity index (χ1) is 9.81. The summed E-state index contributed by atoms with van der Waals surface area (Å²) in [5.74, 6) is 0.944. The van der Waals surface area contributed by atoms with Gasteiger partial charge in [0.15, 0.2) is 0 Å². The van der Waals surface area contributed by atoms with E-state index < -0.39 is 7.82 Å². The van der Waals surface area contributed by atoms with Crippen LogP contribution in [0.2, 0.25) is 0 Å². The highest BCUT2D eigenvalue weighted by Gasteiger charge is 2.40. The van der Waals surface area contributed by atoms with Crippen molar-refractivity contribution in [1.82, 2.24) is 0 Å². The van der Waals surface area contributed by atoms with E-state index in [1.54, 1.807) is 6.07 Å². The lowest BCUT2D eigenvalue weighted by Crippen LogP contribution is -2.28. The third-order valence-corrected chi connectivity index (χ3v) is 5.40. The predicted octanol–water partition coefficient (Wildman–Crippen LogP) is 4.19. The molecule has 0 aromatic heterocycles. The average molecular weight is 312 g/mol. The SMILES string of the molecule is CCc1c(OP(=O)(O)O)cccc1C1(C)CCCC1CC. The van der Waals surface area contributed by atoms with Crippen LogP contribution in [0.4, 0.5) is 0 Å². The Kier molecular flexibility index (Phi) is 4.82. The summed E-state index contributed by atoms with van der Waals surface area (Å²) in [7, 11) is -4.52. The van der Waals surface area contributed by atoms with E-state index in [2.05, 4.69) is 19.9 Å². The first-order valence-corrected chi connectivity index (χ1v) is 9.22. The minimum Gasteiger partial charge on any atom is -0.404 e. The van der Waals surface area contributed by atoms with Crippen LogP contribution in [-0.4, -0.2) is 9.79 Å². The van der Waals surface area contributed by atoms with E-state index >= 15 is 0 Å². The maximum absolute atomic E-state index is 11.2. The molecule has 0 saturated heterocycles. The molecule has 0 amide bonds. The van der Waals surface area contributed by atoms with Gasteiger partial charge in [-0.15, -0.1) is 0 Å². The summed E-state index contributed by atoms with van der Waals surface area (Å²) in [5, 5.41) is 0. The maximum atomic E-state index is 11.2. The molecule has 2 atom stereocenters. The molecule has 1 aliphatic carbocycles. The van der Waals surface area contributed by atoms with Crippen molar-refractivity contribution >= 4 is 7.82 Å². The molecule has 1 aromatic rings. The smallest absolute Gasteiger partial charge is 0.404 e. The number of phosphoric ester groups is 1. The van der Waals surface area contributed by atoms with Crippen molar-refractivity contribution in [1.29, 1.82) is 0 Å². The van der Waals surface area contributed by atoms with Crippen LogP contribution in [0.1, 0.15) is 57.6 Å². The summed E-state index contributed by atoms with van der Waals surface area (Å²) in [5.41, 5.74) is 2.21. The quantitative estimate of drug-likeness (QED) is 0.800. The molecule has 21 heavy (non-hydrogen) atoms. The molecule has 4 nitrogen and oxygen atoms in total. The lowest BCUT2D eigenvalue weighted by atomic mass is 9.71. The maximum Gasteiger partial charge on any atom is 0.524 e. The van der Waals surface area contributed by atoms with E-state index in [9.17, 15) is 4.57 Å². The van der Waals surface area contributed by atoms with Crippen molar-refractivity contribution in [2.75, 3.05) is 0 Å². The summed E-state index contributed by atoms with van der Waals surface area (Å²) < 4.78 is 16.1. The fourth-order valence-electron chi connectivity index (χ4n) is 3.93. The van der Waals surface area contributed by atoms with Crippen LogP contribution in [-0.2, 0) is 16.4 Å². The van der Waals surface area contributed by atoms with Gasteiger partial charge in [-0.25, -0.2) is 4.57 Å². The largest absolute Gasteiger partial charge is 0.524 e. The molecule has 0 heterocycles. The first-order valence-electron chi connectivity index (χ1n) is 7.69. The molecule has 0 bridgehead atoms. The second-order valence-electron chi connectivity index (χ2n) is 6.13. The van der Waals surface area contributed by atoms with Crippen LogP contribution in [0.3, 0.4) is 0 Å². The highest BCUT2D eigenvalue weighted by molar-refractivity contribution is 7.46. The van der Waals surface area contributed by atoms with Crippen molar-refractivity contribution in [3.05, 3.63) is 29.3 Å². The summed E-state index contributed by atoms with van der Waals surface area (Å²) in [4.78, 5) is 18.2. The monoisotopic (exact) mass is 312 g/mol. The van der Waals surface area contributed by atoms with Crippen molar-refractivity contribution in [2.24, 2.45) is 5.92 Å². The van der Waals surface area contributed by atoms with E-state index in [4.69, 9.17) is 14.3 Å². The fourth-order valence-corrected chi connectivity index (χ4v) is 4.35. The Morgan fingerprint density at radius 1 is 1.38 bits per heavy atom. The Morgan fingerprint density at radius 3 is 2.67 bits per heavy atom. The van der Waals surface area contributed by atoms with Gasteiger partial charge in [-0.3, -0.25) is 9.79 Å². The van der Waals surface area contributed by atoms with Crippen LogP contribution in [0.5, 0.6) is 5.75 Å². The number of phosphoric acid groups is 1. The summed E-state index contributed by atoms with van der Waals surface area (Å²) in [6.45, 7) is 6.50. The molecule has 5 heteroatoms. The predicted molar refractivity (Wildman–Crippen MR) is 83.5 cm³/mol. The first kappa shape index (κ1) is 16.5. The van der Waals surface area contributed by atoms with E-state index in [0.29, 0.717) is 18.1 Å². The normalized spacial score (nSPS) is 26.0. The molecular weight excluding hydrogens is 287 g/mol. The van der Waals surface area contributed by atoms with Crippen LogP contribution in [0, 0.1) is 5.92 Å². The van der Waals surface area contributed by atoms with Gasteiger partial charge in [0.2, 0.25) is 0 Å². The standard InChI is InChI=1S/C16H25O4P/c1-4-12-8-7-11-16(12,3)14-9-6-10-15(13(14)5-2)20-21(17,18)19/h6,9-10,12H,4-5,7-8,11H2,1-3H3,(H2,17,18,19). The Balaban J connectivity index is 2.49. The van der Waals surface area contributed by atoms with Crippen molar-refractivity contribution in [3.63, 3.8) is 0 Å². The average Bonchev–Trinajstić information content (AvgIpc) is 2.79. The van der Waals surface area contributed by atoms with Gasteiger partial charge in [-0.05, 0) is 47.8 Å². The number of hydrogen-bond donors (Lipinski definition) is 2. The molecule has 0 aliphatic heterocycles. The molecule has 1 aliphatic rings. The lowest BCUT2D eigenvalue weighted by molar-refractivity contribution is 0.281. The highest BCUT2D eigenvalue weighted by atomic mass is 31.2. The Hall–Kier alpha value is -0.830. The third-order valence-electron chi connectivity index (χ3n) is 4.96. The van der Waals surface area contributed by atoms with Gasteiger partial charge in [0, 0.05) is 0 Å². The van der Waals surface area contributed by atoms with Gasteiger partial charge < -0.3 is 4.52 Å². The van der Waals surface area contributed by atoms with Crippen LogP contribution >= 0.6 is 7.82 Å². The minimum atomic E-state index is -4.52. The molecule has 0 spiro atoms. The summed E-state index contributed by atoms with van der Waals surface area (Å²) >= 11 is 0. The topological polar surface area (TPSA) is 66.8 Å².